The molecule has 1 spiro atoms. The van der Waals surface area contributed by atoms with Gasteiger partial charge in [0, 0.05) is 18.1 Å². The molecule has 2 atom stereocenters. The molecule has 1 heterocycles. The molecule has 100 valence electrons. The number of ether oxygens (including phenoxy) is 1. The van der Waals surface area contributed by atoms with E-state index in [1.54, 1.807) is 12.3 Å². The van der Waals surface area contributed by atoms with Crippen molar-refractivity contribution < 1.29 is 4.74 Å². The molecule has 0 saturated heterocycles. The molecule has 0 aromatic carbocycles. The first kappa shape index (κ1) is 12.4. The highest BCUT2D eigenvalue weighted by molar-refractivity contribution is 5.45. The van der Waals surface area contributed by atoms with E-state index in [4.69, 9.17) is 10.00 Å². The maximum Gasteiger partial charge on any atom is 0.140 e. The number of hydrogen-bond acceptors (Lipinski definition) is 4. The monoisotopic (exact) mass is 257 g/mol. The molecule has 2 saturated carbocycles. The Labute approximate surface area is 113 Å². The van der Waals surface area contributed by atoms with Gasteiger partial charge < -0.3 is 10.1 Å². The van der Waals surface area contributed by atoms with Crippen molar-refractivity contribution in [2.45, 2.75) is 44.8 Å². The smallest absolute Gasteiger partial charge is 0.140 e. The maximum absolute atomic E-state index is 8.74. The topological polar surface area (TPSA) is 57.9 Å². The van der Waals surface area contributed by atoms with Gasteiger partial charge in [-0.3, -0.25) is 0 Å². The Balaban J connectivity index is 1.66. The van der Waals surface area contributed by atoms with Crippen LogP contribution in [0.5, 0.6) is 0 Å². The van der Waals surface area contributed by atoms with Crippen LogP contribution in [0, 0.1) is 16.7 Å². The molecule has 19 heavy (non-hydrogen) atoms. The zero-order valence-electron chi connectivity index (χ0n) is 11.2. The molecule has 1 aromatic heterocycles. The molecule has 0 unspecified atom stereocenters. The van der Waals surface area contributed by atoms with E-state index in [9.17, 15) is 0 Å². The lowest BCUT2D eigenvalue weighted by Gasteiger charge is -2.61. The second kappa shape index (κ2) is 4.82. The number of nitriles is 1. The summed E-state index contributed by atoms with van der Waals surface area (Å²) in [4.78, 5) is 4.10. The molecule has 0 amide bonds. The van der Waals surface area contributed by atoms with Gasteiger partial charge in [0.2, 0.25) is 0 Å². The molecule has 4 nitrogen and oxygen atoms in total. The summed E-state index contributed by atoms with van der Waals surface area (Å²) in [6.45, 7) is 2.87. The van der Waals surface area contributed by atoms with Crippen LogP contribution >= 0.6 is 0 Å². The lowest BCUT2D eigenvalue weighted by Crippen LogP contribution is -2.64. The first-order valence-electron chi connectivity index (χ1n) is 7.03. The number of nitrogens with one attached hydrogen (secondary N) is 1. The van der Waals surface area contributed by atoms with Gasteiger partial charge in [0.1, 0.15) is 11.8 Å². The molecule has 0 radical (unpaired) electrons. The Morgan fingerprint density at radius 3 is 2.89 bits per heavy atom. The van der Waals surface area contributed by atoms with Gasteiger partial charge in [-0.05, 0) is 38.3 Å². The molecular weight excluding hydrogens is 238 g/mol. The number of anilines is 1. The second-order valence-corrected chi connectivity index (χ2v) is 5.51. The van der Waals surface area contributed by atoms with Gasteiger partial charge >= 0.3 is 0 Å². The maximum atomic E-state index is 8.74. The summed E-state index contributed by atoms with van der Waals surface area (Å²) < 4.78 is 5.84. The van der Waals surface area contributed by atoms with Crippen LogP contribution in [0.4, 0.5) is 5.69 Å². The van der Waals surface area contributed by atoms with Gasteiger partial charge in [-0.25, -0.2) is 4.98 Å². The summed E-state index contributed by atoms with van der Waals surface area (Å²) in [6, 6.07) is 6.23. The molecule has 1 N–H and O–H groups in total. The van der Waals surface area contributed by atoms with Gasteiger partial charge in [-0.1, -0.05) is 6.42 Å². The van der Waals surface area contributed by atoms with Crippen LogP contribution in [0.3, 0.4) is 0 Å². The fourth-order valence-corrected chi connectivity index (χ4v) is 3.39. The summed E-state index contributed by atoms with van der Waals surface area (Å²) in [7, 11) is 0. The molecule has 2 aliphatic rings. The molecule has 3 rings (SSSR count). The Morgan fingerprint density at radius 1 is 1.53 bits per heavy atom. The molecular formula is C15H19N3O. The fraction of sp³-hybridized carbons (Fsp3) is 0.600. The Kier molecular flexibility index (Phi) is 3.16. The third-order valence-electron chi connectivity index (χ3n) is 4.66. The van der Waals surface area contributed by atoms with Crippen molar-refractivity contribution in [3.63, 3.8) is 0 Å². The average molecular weight is 257 g/mol. The van der Waals surface area contributed by atoms with E-state index in [2.05, 4.69) is 17.2 Å². The van der Waals surface area contributed by atoms with Gasteiger partial charge in [0.05, 0.1) is 18.0 Å². The zero-order valence-corrected chi connectivity index (χ0v) is 11.2. The predicted octanol–water partition coefficient (Wildman–Crippen LogP) is 2.71. The quantitative estimate of drug-likeness (QED) is 0.901. The number of rotatable bonds is 4. The molecule has 4 heteroatoms. The average Bonchev–Trinajstić information content (AvgIpc) is 2.36. The van der Waals surface area contributed by atoms with E-state index in [-0.39, 0.29) is 0 Å². The lowest BCUT2D eigenvalue weighted by molar-refractivity contribution is -0.157. The van der Waals surface area contributed by atoms with Crippen molar-refractivity contribution in [3.8, 4) is 6.07 Å². The summed E-state index contributed by atoms with van der Waals surface area (Å²) in [6.07, 6.45) is 7.09. The normalized spacial score (nSPS) is 27.2. The van der Waals surface area contributed by atoms with Gasteiger partial charge in [0.15, 0.2) is 0 Å². The lowest BCUT2D eigenvalue weighted by atomic mass is 9.51. The van der Waals surface area contributed by atoms with Gasteiger partial charge in [-0.2, -0.15) is 5.26 Å². The minimum absolute atomic E-state index is 0.351. The third-order valence-corrected chi connectivity index (χ3v) is 4.66. The summed E-state index contributed by atoms with van der Waals surface area (Å²) in [5, 5.41) is 12.3. The van der Waals surface area contributed by atoms with Crippen LogP contribution in [0.2, 0.25) is 0 Å². The van der Waals surface area contributed by atoms with Crippen LogP contribution in [0.25, 0.3) is 0 Å². The van der Waals surface area contributed by atoms with Crippen LogP contribution in [-0.2, 0) is 4.74 Å². The van der Waals surface area contributed by atoms with Crippen LogP contribution < -0.4 is 5.32 Å². The Bertz CT molecular complexity index is 487. The largest absolute Gasteiger partial charge is 0.380 e. The van der Waals surface area contributed by atoms with Gasteiger partial charge in [-0.15, -0.1) is 0 Å². The number of aromatic nitrogens is 1. The molecule has 1 aromatic rings. The van der Waals surface area contributed by atoms with E-state index in [1.165, 1.54) is 19.3 Å². The van der Waals surface area contributed by atoms with Crippen LogP contribution in [-0.4, -0.2) is 23.7 Å². The van der Waals surface area contributed by atoms with Crippen molar-refractivity contribution in [2.75, 3.05) is 11.9 Å². The molecule has 0 bridgehead atoms. The predicted molar refractivity (Wildman–Crippen MR) is 72.7 cm³/mol. The van der Waals surface area contributed by atoms with Crippen LogP contribution in [0.1, 0.15) is 38.3 Å². The Hall–Kier alpha value is -1.60. The fourth-order valence-electron chi connectivity index (χ4n) is 3.39. The van der Waals surface area contributed by atoms with E-state index in [1.807, 2.05) is 12.1 Å². The highest BCUT2D eigenvalue weighted by atomic mass is 16.5. The van der Waals surface area contributed by atoms with Gasteiger partial charge in [0.25, 0.3) is 0 Å². The molecule has 2 fully saturated rings. The van der Waals surface area contributed by atoms with Crippen molar-refractivity contribution in [1.29, 1.82) is 5.26 Å². The van der Waals surface area contributed by atoms with Crippen molar-refractivity contribution >= 4 is 5.69 Å². The third kappa shape index (κ3) is 1.98. The first-order valence-corrected chi connectivity index (χ1v) is 7.03. The van der Waals surface area contributed by atoms with E-state index in [0.717, 1.165) is 18.7 Å². The number of pyridine rings is 1. The molecule has 0 aliphatic heterocycles. The first-order chi connectivity index (χ1) is 9.28. The minimum Gasteiger partial charge on any atom is -0.380 e. The SMILES string of the molecule is CCO[C@@H]1C[C@@H](Nc2ccc(C#N)nc2)C12CCC2. The minimum atomic E-state index is 0.351. The molecule has 2 aliphatic carbocycles. The summed E-state index contributed by atoms with van der Waals surface area (Å²) in [5.74, 6) is 0. The Morgan fingerprint density at radius 2 is 2.37 bits per heavy atom. The highest BCUT2D eigenvalue weighted by Crippen LogP contribution is 2.58. The second-order valence-electron chi connectivity index (χ2n) is 5.51. The van der Waals surface area contributed by atoms with E-state index in [0.29, 0.717) is 23.3 Å². The van der Waals surface area contributed by atoms with E-state index >= 15 is 0 Å². The van der Waals surface area contributed by atoms with Crippen molar-refractivity contribution in [1.82, 2.24) is 4.98 Å². The zero-order chi connectivity index (χ0) is 13.3. The number of hydrogen-bond donors (Lipinski definition) is 1. The van der Waals surface area contributed by atoms with Crippen LogP contribution in [0.15, 0.2) is 18.3 Å². The van der Waals surface area contributed by atoms with Crippen molar-refractivity contribution in [2.24, 2.45) is 5.41 Å². The van der Waals surface area contributed by atoms with Crippen molar-refractivity contribution in [3.05, 3.63) is 24.0 Å². The summed E-state index contributed by atoms with van der Waals surface area (Å²) in [5.41, 5.74) is 1.82. The number of nitrogens with zero attached hydrogens (tertiary/aromatic N) is 2. The standard InChI is InChI=1S/C15H19N3O/c1-2-19-14-8-13(15(14)6-3-7-15)18-12-5-4-11(9-16)17-10-12/h4-5,10,13-14,18H,2-3,6-8H2,1H3/t13-,14-/m1/s1. The summed E-state index contributed by atoms with van der Waals surface area (Å²) >= 11 is 0. The van der Waals surface area contributed by atoms with E-state index < -0.39 is 0 Å². The highest BCUT2D eigenvalue weighted by Gasteiger charge is 2.58.